The van der Waals surface area contributed by atoms with Crippen molar-refractivity contribution in [2.45, 2.75) is 26.3 Å². The average molecular weight is 114 g/mol. The van der Waals surface area contributed by atoms with Crippen molar-refractivity contribution in [3.05, 3.63) is 0 Å². The maximum absolute atomic E-state index is 5.53. The second-order valence-corrected chi connectivity index (χ2v) is 3.61. The van der Waals surface area contributed by atoms with Crippen molar-refractivity contribution in [1.82, 2.24) is 0 Å². The molecule has 2 unspecified atom stereocenters. The van der Waals surface area contributed by atoms with Crippen LogP contribution in [0.25, 0.3) is 0 Å². The van der Waals surface area contributed by atoms with Gasteiger partial charge in [-0.3, -0.25) is 0 Å². The molecule has 0 saturated carbocycles. The molecule has 0 spiro atoms. The van der Waals surface area contributed by atoms with E-state index in [2.05, 4.69) is 30.0 Å². The maximum Gasteiger partial charge on any atom is 0.0763 e. The normalized spacial score (nSPS) is 16.6. The van der Waals surface area contributed by atoms with E-state index in [0.717, 1.165) is 0 Å². The minimum atomic E-state index is 0.215. The highest BCUT2D eigenvalue weighted by Crippen LogP contribution is 2.22. The van der Waals surface area contributed by atoms with Gasteiger partial charge in [0.2, 0.25) is 0 Å². The Labute approximate surface area is 49.7 Å². The van der Waals surface area contributed by atoms with Gasteiger partial charge in [-0.25, -0.2) is 0 Å². The number of hydrogen-bond donors (Lipinski definition) is 0. The summed E-state index contributed by atoms with van der Waals surface area (Å²) in [5, 5.41) is 0. The van der Waals surface area contributed by atoms with Gasteiger partial charge in [0.1, 0.15) is 0 Å². The summed E-state index contributed by atoms with van der Waals surface area (Å²) in [4.78, 5) is 0. The Morgan fingerprint density at radius 1 is 1.43 bits per heavy atom. The SMILES string of the molecule is [B]C(P)C(C)(C)C. The molecule has 0 aromatic rings. The Balaban J connectivity index is 3.54. The van der Waals surface area contributed by atoms with Crippen LogP contribution in [0.1, 0.15) is 20.8 Å². The number of rotatable bonds is 0. The lowest BCUT2D eigenvalue weighted by Crippen LogP contribution is -2.19. The molecular weight excluding hydrogens is 102 g/mol. The summed E-state index contributed by atoms with van der Waals surface area (Å²) in [7, 11) is 8.11. The Morgan fingerprint density at radius 3 is 1.57 bits per heavy atom. The standard InChI is InChI=1S/C5H12BP/c1-5(2,3)4(6)7/h4H,7H2,1-3H3. The molecule has 0 N–H and O–H groups in total. The Kier molecular flexibility index (Phi) is 2.33. The molecule has 0 bridgehead atoms. The Morgan fingerprint density at radius 2 is 1.57 bits per heavy atom. The summed E-state index contributed by atoms with van der Waals surface area (Å²) in [5.74, 6) is 0. The molecule has 0 aromatic heterocycles. The van der Waals surface area contributed by atoms with E-state index >= 15 is 0 Å². The van der Waals surface area contributed by atoms with Gasteiger partial charge >= 0.3 is 0 Å². The van der Waals surface area contributed by atoms with Crippen molar-refractivity contribution < 1.29 is 0 Å². The zero-order valence-corrected chi connectivity index (χ0v) is 6.39. The highest BCUT2D eigenvalue weighted by molar-refractivity contribution is 7.20. The maximum atomic E-state index is 5.53. The lowest BCUT2D eigenvalue weighted by atomic mass is 9.80. The Hall–Kier alpha value is 0.495. The second kappa shape index (κ2) is 2.18. The van der Waals surface area contributed by atoms with E-state index < -0.39 is 0 Å². The van der Waals surface area contributed by atoms with Crippen LogP contribution in [0.2, 0.25) is 0 Å². The molecule has 2 heteroatoms. The summed E-state index contributed by atoms with van der Waals surface area (Å²) in [5.41, 5.74) is 0.456. The smallest absolute Gasteiger partial charge is 0.0763 e. The summed E-state index contributed by atoms with van der Waals surface area (Å²) in [6.07, 6.45) is 0. The van der Waals surface area contributed by atoms with E-state index in [9.17, 15) is 0 Å². The van der Waals surface area contributed by atoms with Crippen LogP contribution in [-0.4, -0.2) is 13.4 Å². The molecule has 0 amide bonds. The predicted octanol–water partition coefficient (Wildman–Crippen LogP) is 1.40. The van der Waals surface area contributed by atoms with Crippen molar-refractivity contribution in [3.8, 4) is 0 Å². The quantitative estimate of drug-likeness (QED) is 0.329. The Bertz CT molecular complexity index is 53.6. The highest BCUT2D eigenvalue weighted by Gasteiger charge is 2.13. The van der Waals surface area contributed by atoms with Crippen LogP contribution in [0.5, 0.6) is 0 Å². The van der Waals surface area contributed by atoms with Crippen molar-refractivity contribution >= 4 is 17.1 Å². The van der Waals surface area contributed by atoms with E-state index in [4.69, 9.17) is 7.85 Å². The van der Waals surface area contributed by atoms with Crippen molar-refractivity contribution in [2.75, 3.05) is 0 Å². The molecule has 0 heterocycles. The topological polar surface area (TPSA) is 0 Å². The first kappa shape index (κ1) is 7.49. The van der Waals surface area contributed by atoms with Crippen LogP contribution in [0, 0.1) is 5.41 Å². The first-order valence-corrected chi connectivity index (χ1v) is 3.12. The third kappa shape index (κ3) is 3.11. The zero-order chi connectivity index (χ0) is 6.08. The summed E-state index contributed by atoms with van der Waals surface area (Å²) in [6.45, 7) is 6.35. The molecule has 0 aromatic carbocycles. The third-order valence-corrected chi connectivity index (χ3v) is 2.00. The van der Waals surface area contributed by atoms with E-state index in [1.54, 1.807) is 0 Å². The van der Waals surface area contributed by atoms with Crippen LogP contribution in [0.4, 0.5) is 0 Å². The van der Waals surface area contributed by atoms with Crippen molar-refractivity contribution in [1.29, 1.82) is 0 Å². The summed E-state index contributed by atoms with van der Waals surface area (Å²) >= 11 is 0. The fourth-order valence-electron chi connectivity index (χ4n) is 0. The summed E-state index contributed by atoms with van der Waals surface area (Å²) in [6, 6.07) is 0. The minimum absolute atomic E-state index is 0.215. The lowest BCUT2D eigenvalue weighted by Gasteiger charge is -2.22. The fourth-order valence-corrected chi connectivity index (χ4v) is 0. The third-order valence-electron chi connectivity index (χ3n) is 1.00. The van der Waals surface area contributed by atoms with Crippen LogP contribution in [-0.2, 0) is 0 Å². The van der Waals surface area contributed by atoms with E-state index in [1.165, 1.54) is 0 Å². The molecule has 0 aliphatic carbocycles. The van der Waals surface area contributed by atoms with Gasteiger partial charge in [0, 0.05) is 0 Å². The van der Waals surface area contributed by atoms with Gasteiger partial charge < -0.3 is 0 Å². The molecule has 2 radical (unpaired) electrons. The predicted molar refractivity (Wildman–Crippen MR) is 38.7 cm³/mol. The first-order chi connectivity index (χ1) is 2.94. The van der Waals surface area contributed by atoms with Crippen LogP contribution in [0.3, 0.4) is 0 Å². The van der Waals surface area contributed by atoms with E-state index in [1.807, 2.05) is 0 Å². The monoisotopic (exact) mass is 114 g/mol. The molecule has 0 fully saturated rings. The van der Waals surface area contributed by atoms with Gasteiger partial charge in [-0.05, 0) is 5.41 Å². The lowest BCUT2D eigenvalue weighted by molar-refractivity contribution is 0.454. The minimum Gasteiger partial charge on any atom is -0.143 e. The molecule has 7 heavy (non-hydrogen) atoms. The van der Waals surface area contributed by atoms with Gasteiger partial charge in [-0.2, -0.15) is 0 Å². The average Bonchev–Trinajstić information content (AvgIpc) is 1.31. The van der Waals surface area contributed by atoms with Gasteiger partial charge in [0.05, 0.1) is 7.85 Å². The van der Waals surface area contributed by atoms with Gasteiger partial charge in [-0.15, -0.1) is 9.24 Å². The molecule has 0 saturated heterocycles. The second-order valence-electron chi connectivity index (χ2n) is 2.89. The van der Waals surface area contributed by atoms with Crippen LogP contribution < -0.4 is 0 Å². The van der Waals surface area contributed by atoms with Gasteiger partial charge in [0.15, 0.2) is 0 Å². The van der Waals surface area contributed by atoms with Crippen LogP contribution in [0.15, 0.2) is 0 Å². The van der Waals surface area contributed by atoms with Crippen LogP contribution >= 0.6 is 9.24 Å². The zero-order valence-electron chi connectivity index (χ0n) is 5.23. The largest absolute Gasteiger partial charge is 0.143 e. The molecule has 40 valence electrons. The van der Waals surface area contributed by atoms with E-state index in [-0.39, 0.29) is 11.0 Å². The van der Waals surface area contributed by atoms with Crippen molar-refractivity contribution in [2.24, 2.45) is 5.41 Å². The molecule has 2 atom stereocenters. The molecule has 0 nitrogen and oxygen atoms in total. The van der Waals surface area contributed by atoms with Crippen molar-refractivity contribution in [3.63, 3.8) is 0 Å². The van der Waals surface area contributed by atoms with Gasteiger partial charge in [-0.1, -0.05) is 26.3 Å². The fraction of sp³-hybridized carbons (Fsp3) is 1.00. The molecule has 0 rings (SSSR count). The van der Waals surface area contributed by atoms with E-state index in [0.29, 0.717) is 0 Å². The van der Waals surface area contributed by atoms with Gasteiger partial charge in [0.25, 0.3) is 0 Å². The number of hydrogen-bond acceptors (Lipinski definition) is 0. The molecular formula is C5H12BP. The molecule has 0 aliphatic heterocycles. The molecule has 0 aliphatic rings. The first-order valence-electron chi connectivity index (χ1n) is 2.46. The highest BCUT2D eigenvalue weighted by atomic mass is 31.0. The summed E-state index contributed by atoms with van der Waals surface area (Å²) < 4.78 is 0.